The number of anilines is 1. The van der Waals surface area contributed by atoms with Crippen LogP contribution in [-0.4, -0.2) is 17.4 Å². The van der Waals surface area contributed by atoms with E-state index in [9.17, 15) is 4.79 Å². The van der Waals surface area contributed by atoms with Crippen LogP contribution in [0.15, 0.2) is 48.7 Å². The van der Waals surface area contributed by atoms with Gasteiger partial charge in [-0.3, -0.25) is 4.79 Å². The summed E-state index contributed by atoms with van der Waals surface area (Å²) in [5.41, 5.74) is 7.67. The zero-order chi connectivity index (χ0) is 13.7. The van der Waals surface area contributed by atoms with Crippen molar-refractivity contribution in [3.63, 3.8) is 0 Å². The van der Waals surface area contributed by atoms with E-state index in [4.69, 9.17) is 5.73 Å². The number of rotatable bonds is 4. The number of carbonyl (C=O) groups is 1. The molecule has 2 aromatic rings. The quantitative estimate of drug-likeness (QED) is 0.878. The Morgan fingerprint density at radius 3 is 2.68 bits per heavy atom. The lowest BCUT2D eigenvalue weighted by Gasteiger charge is -2.15. The van der Waals surface area contributed by atoms with Gasteiger partial charge >= 0.3 is 0 Å². The van der Waals surface area contributed by atoms with Crippen molar-refractivity contribution in [2.45, 2.75) is 12.8 Å². The number of nitrogens with two attached hydrogens (primary N) is 1. The minimum atomic E-state index is -0.358. The molecule has 0 fully saturated rings. The third-order valence-electron chi connectivity index (χ3n) is 2.92. The van der Waals surface area contributed by atoms with Crippen LogP contribution in [0.5, 0.6) is 0 Å². The Hall–Kier alpha value is -2.20. The summed E-state index contributed by atoms with van der Waals surface area (Å²) in [6.07, 6.45) is 1.67. The first-order valence-corrected chi connectivity index (χ1v) is 6.19. The molecular formula is C15H17N3O. The van der Waals surface area contributed by atoms with E-state index in [-0.39, 0.29) is 18.4 Å². The Bertz CT molecular complexity index is 554. The maximum Gasteiger partial charge on any atom is 0.234 e. The second-order valence-electron chi connectivity index (χ2n) is 4.41. The number of hydrogen-bond acceptors (Lipinski definition) is 3. The molecule has 0 radical (unpaired) electrons. The van der Waals surface area contributed by atoms with Crippen LogP contribution in [0, 0.1) is 6.92 Å². The molecule has 19 heavy (non-hydrogen) atoms. The summed E-state index contributed by atoms with van der Waals surface area (Å²) in [6.45, 7) is 2.22. The lowest BCUT2D eigenvalue weighted by molar-refractivity contribution is -0.117. The SMILES string of the molecule is Cc1ccnc(NC(=O)C(CN)c2ccccc2)c1. The number of pyridine rings is 1. The molecule has 0 aliphatic carbocycles. The topological polar surface area (TPSA) is 68.0 Å². The standard InChI is InChI=1S/C15H17N3O/c1-11-7-8-17-14(9-11)18-15(19)13(10-16)12-5-3-2-4-6-12/h2-9,13H,10,16H2,1H3,(H,17,18,19). The molecule has 98 valence electrons. The van der Waals surface area contributed by atoms with E-state index < -0.39 is 0 Å². The van der Waals surface area contributed by atoms with Crippen LogP contribution in [0.1, 0.15) is 17.0 Å². The number of aromatic nitrogens is 1. The Kier molecular flexibility index (Phi) is 4.26. The van der Waals surface area contributed by atoms with E-state index in [1.54, 1.807) is 6.20 Å². The van der Waals surface area contributed by atoms with Crippen molar-refractivity contribution >= 4 is 11.7 Å². The Balaban J connectivity index is 2.14. The predicted octanol–water partition coefficient (Wildman–Crippen LogP) is 2.07. The van der Waals surface area contributed by atoms with Gasteiger partial charge in [0.05, 0.1) is 5.92 Å². The number of benzene rings is 1. The van der Waals surface area contributed by atoms with Crippen LogP contribution in [0.2, 0.25) is 0 Å². The summed E-state index contributed by atoms with van der Waals surface area (Å²) in [4.78, 5) is 16.3. The summed E-state index contributed by atoms with van der Waals surface area (Å²) in [5.74, 6) is 0.0645. The summed E-state index contributed by atoms with van der Waals surface area (Å²) >= 11 is 0. The van der Waals surface area contributed by atoms with E-state index in [2.05, 4.69) is 10.3 Å². The average Bonchev–Trinajstić information content (AvgIpc) is 2.41. The van der Waals surface area contributed by atoms with Crippen molar-refractivity contribution in [3.05, 3.63) is 59.8 Å². The molecule has 0 saturated heterocycles. The molecule has 3 N–H and O–H groups in total. The third kappa shape index (κ3) is 3.39. The third-order valence-corrected chi connectivity index (χ3v) is 2.92. The Morgan fingerprint density at radius 1 is 1.32 bits per heavy atom. The maximum atomic E-state index is 12.2. The van der Waals surface area contributed by atoms with Gasteiger partial charge in [0.2, 0.25) is 5.91 Å². The van der Waals surface area contributed by atoms with Crippen LogP contribution in [0.25, 0.3) is 0 Å². The van der Waals surface area contributed by atoms with Crippen LogP contribution >= 0.6 is 0 Å². The molecular weight excluding hydrogens is 238 g/mol. The summed E-state index contributed by atoms with van der Waals surface area (Å²) in [5, 5.41) is 2.80. The molecule has 1 amide bonds. The van der Waals surface area contributed by atoms with Crippen LogP contribution < -0.4 is 11.1 Å². The predicted molar refractivity (Wildman–Crippen MR) is 75.8 cm³/mol. The molecule has 2 rings (SSSR count). The molecule has 1 aromatic carbocycles. The second-order valence-corrected chi connectivity index (χ2v) is 4.41. The van der Waals surface area contributed by atoms with E-state index in [1.165, 1.54) is 0 Å². The minimum absolute atomic E-state index is 0.133. The van der Waals surface area contributed by atoms with E-state index in [0.717, 1.165) is 11.1 Å². The summed E-state index contributed by atoms with van der Waals surface area (Å²) in [6, 6.07) is 13.2. The van der Waals surface area contributed by atoms with Crippen LogP contribution in [-0.2, 0) is 4.79 Å². The first-order chi connectivity index (χ1) is 9.20. The lowest BCUT2D eigenvalue weighted by atomic mass is 9.98. The van der Waals surface area contributed by atoms with Crippen LogP contribution in [0.3, 0.4) is 0 Å². The number of hydrogen-bond donors (Lipinski definition) is 2. The normalized spacial score (nSPS) is 11.9. The number of nitrogens with one attached hydrogen (secondary N) is 1. The lowest BCUT2D eigenvalue weighted by Crippen LogP contribution is -2.27. The highest BCUT2D eigenvalue weighted by Crippen LogP contribution is 2.16. The van der Waals surface area contributed by atoms with E-state index >= 15 is 0 Å². The first kappa shape index (κ1) is 13.2. The zero-order valence-electron chi connectivity index (χ0n) is 10.8. The summed E-state index contributed by atoms with van der Waals surface area (Å²) in [7, 11) is 0. The van der Waals surface area contributed by atoms with E-state index in [0.29, 0.717) is 5.82 Å². The van der Waals surface area contributed by atoms with Gasteiger partial charge < -0.3 is 11.1 Å². The van der Waals surface area contributed by atoms with Crippen LogP contribution in [0.4, 0.5) is 5.82 Å². The van der Waals surface area contributed by atoms with Crippen molar-refractivity contribution in [2.75, 3.05) is 11.9 Å². The second kappa shape index (κ2) is 6.11. The van der Waals surface area contributed by atoms with Gasteiger partial charge in [-0.25, -0.2) is 4.98 Å². The Morgan fingerprint density at radius 2 is 2.05 bits per heavy atom. The Labute approximate surface area is 112 Å². The first-order valence-electron chi connectivity index (χ1n) is 6.19. The van der Waals surface area contributed by atoms with Crippen molar-refractivity contribution in [3.8, 4) is 0 Å². The zero-order valence-corrected chi connectivity index (χ0v) is 10.8. The largest absolute Gasteiger partial charge is 0.329 e. The fourth-order valence-electron chi connectivity index (χ4n) is 1.90. The molecule has 0 saturated carbocycles. The minimum Gasteiger partial charge on any atom is -0.329 e. The van der Waals surface area contributed by atoms with Gasteiger partial charge in [-0.15, -0.1) is 0 Å². The molecule has 0 aliphatic heterocycles. The van der Waals surface area contributed by atoms with Gasteiger partial charge in [0.25, 0.3) is 0 Å². The van der Waals surface area contributed by atoms with Gasteiger partial charge in [0.15, 0.2) is 0 Å². The highest BCUT2D eigenvalue weighted by atomic mass is 16.1. The highest BCUT2D eigenvalue weighted by Gasteiger charge is 2.19. The van der Waals surface area contributed by atoms with Crippen molar-refractivity contribution in [2.24, 2.45) is 5.73 Å². The van der Waals surface area contributed by atoms with Gasteiger partial charge in [0.1, 0.15) is 5.82 Å². The molecule has 0 bridgehead atoms. The number of aryl methyl sites for hydroxylation is 1. The van der Waals surface area contributed by atoms with Crippen molar-refractivity contribution in [1.82, 2.24) is 4.98 Å². The smallest absolute Gasteiger partial charge is 0.234 e. The molecule has 4 nitrogen and oxygen atoms in total. The summed E-state index contributed by atoms with van der Waals surface area (Å²) < 4.78 is 0. The molecule has 0 spiro atoms. The van der Waals surface area contributed by atoms with Gasteiger partial charge in [-0.05, 0) is 30.2 Å². The number of amides is 1. The monoisotopic (exact) mass is 255 g/mol. The maximum absolute atomic E-state index is 12.2. The molecule has 1 unspecified atom stereocenters. The van der Waals surface area contributed by atoms with E-state index in [1.807, 2.05) is 49.4 Å². The highest BCUT2D eigenvalue weighted by molar-refractivity contribution is 5.95. The average molecular weight is 255 g/mol. The fraction of sp³-hybridized carbons (Fsp3) is 0.200. The van der Waals surface area contributed by atoms with Gasteiger partial charge in [-0.1, -0.05) is 30.3 Å². The fourth-order valence-corrected chi connectivity index (χ4v) is 1.90. The molecule has 0 aliphatic rings. The molecule has 4 heteroatoms. The molecule has 1 atom stereocenters. The van der Waals surface area contributed by atoms with Gasteiger partial charge in [-0.2, -0.15) is 0 Å². The molecule has 1 heterocycles. The van der Waals surface area contributed by atoms with Crippen molar-refractivity contribution < 1.29 is 4.79 Å². The number of nitrogens with zero attached hydrogens (tertiary/aromatic N) is 1. The number of carbonyl (C=O) groups excluding carboxylic acids is 1. The van der Waals surface area contributed by atoms with Crippen molar-refractivity contribution in [1.29, 1.82) is 0 Å². The van der Waals surface area contributed by atoms with Gasteiger partial charge in [0, 0.05) is 12.7 Å². The molecule has 1 aromatic heterocycles.